The van der Waals surface area contributed by atoms with Crippen molar-refractivity contribution in [1.29, 1.82) is 0 Å². The molecule has 0 unspecified atom stereocenters. The molecule has 4 N–H and O–H groups in total. The molecule has 8 heteroatoms. The normalized spacial score (nSPS) is 11.8. The molecule has 0 aliphatic carbocycles. The Kier molecular flexibility index (Phi) is 4.35. The van der Waals surface area contributed by atoms with Crippen LogP contribution in [-0.4, -0.2) is 30.1 Å². The van der Waals surface area contributed by atoms with Crippen molar-refractivity contribution in [2.24, 2.45) is 0 Å². The summed E-state index contributed by atoms with van der Waals surface area (Å²) >= 11 is 0. The van der Waals surface area contributed by atoms with E-state index >= 15 is 0 Å². The van der Waals surface area contributed by atoms with Crippen molar-refractivity contribution in [3.05, 3.63) is 35.9 Å². The number of H-pyrrole nitrogens is 2. The van der Waals surface area contributed by atoms with E-state index in [1.807, 2.05) is 6.92 Å². The maximum Gasteiger partial charge on any atom is 0.242 e. The summed E-state index contributed by atoms with van der Waals surface area (Å²) in [5.41, 5.74) is 1.62. The average molecular weight is 283 g/mol. The van der Waals surface area contributed by atoms with Gasteiger partial charge in [-0.15, -0.1) is 0 Å². The van der Waals surface area contributed by atoms with Crippen LogP contribution in [0.2, 0.25) is 0 Å². The van der Waals surface area contributed by atoms with E-state index < -0.39 is 10.0 Å². The summed E-state index contributed by atoms with van der Waals surface area (Å²) in [6, 6.07) is 1.63. The predicted octanol–water partition coefficient (Wildman–Crippen LogP) is 0.326. The quantitative estimate of drug-likeness (QED) is 0.588. The molecule has 0 atom stereocenters. The number of aromatic amines is 2. The molecule has 2 aromatic rings. The van der Waals surface area contributed by atoms with E-state index in [9.17, 15) is 8.42 Å². The maximum atomic E-state index is 12.0. The van der Waals surface area contributed by atoms with Crippen LogP contribution in [0.5, 0.6) is 0 Å². The van der Waals surface area contributed by atoms with Crippen molar-refractivity contribution in [1.82, 2.24) is 25.2 Å². The summed E-state index contributed by atoms with van der Waals surface area (Å²) in [6.45, 7) is 3.66. The van der Waals surface area contributed by atoms with Gasteiger partial charge in [-0.1, -0.05) is 6.92 Å². The predicted molar refractivity (Wildman–Crippen MR) is 70.8 cm³/mol. The second-order valence-electron chi connectivity index (χ2n) is 4.07. The van der Waals surface area contributed by atoms with E-state index in [4.69, 9.17) is 0 Å². The summed E-state index contributed by atoms with van der Waals surface area (Å²) in [5, 5.41) is 9.52. The van der Waals surface area contributed by atoms with Gasteiger partial charge in [-0.3, -0.25) is 5.10 Å². The van der Waals surface area contributed by atoms with Crippen LogP contribution in [0.3, 0.4) is 0 Å². The third kappa shape index (κ3) is 3.66. The number of nitrogens with zero attached hydrogens (tertiary/aromatic N) is 1. The molecule has 0 aliphatic rings. The lowest BCUT2D eigenvalue weighted by atomic mass is 10.4. The lowest BCUT2D eigenvalue weighted by Crippen LogP contribution is -2.22. The van der Waals surface area contributed by atoms with Gasteiger partial charge < -0.3 is 10.3 Å². The van der Waals surface area contributed by atoms with Gasteiger partial charge in [0, 0.05) is 36.7 Å². The van der Waals surface area contributed by atoms with Gasteiger partial charge in [0.15, 0.2) is 0 Å². The first-order valence-corrected chi connectivity index (χ1v) is 7.45. The number of hydrogen-bond donors (Lipinski definition) is 4. The first kappa shape index (κ1) is 13.8. The standard InChI is InChI=1S/C11H17N5O2S/c1-2-12-7-10-3-11(8-13-10)19(17,18)16-6-9-4-14-15-5-9/h3-5,8,12-13,16H,2,6-7H2,1H3,(H,14,15). The Morgan fingerprint density at radius 3 is 2.84 bits per heavy atom. The Morgan fingerprint density at radius 2 is 2.16 bits per heavy atom. The molecular formula is C11H17N5O2S. The molecule has 2 aromatic heterocycles. The minimum absolute atomic E-state index is 0.215. The summed E-state index contributed by atoms with van der Waals surface area (Å²) < 4.78 is 26.6. The van der Waals surface area contributed by atoms with Gasteiger partial charge in [-0.25, -0.2) is 13.1 Å². The van der Waals surface area contributed by atoms with Crippen LogP contribution in [0.1, 0.15) is 18.2 Å². The lowest BCUT2D eigenvalue weighted by Gasteiger charge is -2.02. The highest BCUT2D eigenvalue weighted by Gasteiger charge is 2.15. The minimum atomic E-state index is -3.49. The van der Waals surface area contributed by atoms with Gasteiger partial charge >= 0.3 is 0 Å². The molecule has 7 nitrogen and oxygen atoms in total. The molecule has 0 aliphatic heterocycles. The molecule has 0 amide bonds. The van der Waals surface area contributed by atoms with Crippen molar-refractivity contribution in [2.45, 2.75) is 24.9 Å². The van der Waals surface area contributed by atoms with E-state index in [2.05, 4.69) is 25.2 Å². The Morgan fingerprint density at radius 1 is 1.32 bits per heavy atom. The van der Waals surface area contributed by atoms with Crippen molar-refractivity contribution >= 4 is 10.0 Å². The molecule has 19 heavy (non-hydrogen) atoms. The van der Waals surface area contributed by atoms with Crippen LogP contribution in [0, 0.1) is 0 Å². The van der Waals surface area contributed by atoms with Gasteiger partial charge in [0.25, 0.3) is 0 Å². The number of sulfonamides is 1. The minimum Gasteiger partial charge on any atom is -0.363 e. The number of nitrogens with one attached hydrogen (secondary N) is 4. The van der Waals surface area contributed by atoms with E-state index in [-0.39, 0.29) is 11.4 Å². The van der Waals surface area contributed by atoms with Crippen LogP contribution < -0.4 is 10.0 Å². The lowest BCUT2D eigenvalue weighted by molar-refractivity contribution is 0.581. The average Bonchev–Trinajstić information content (AvgIpc) is 3.05. The van der Waals surface area contributed by atoms with Crippen LogP contribution in [0.15, 0.2) is 29.6 Å². The maximum absolute atomic E-state index is 12.0. The highest BCUT2D eigenvalue weighted by molar-refractivity contribution is 7.89. The molecule has 0 spiro atoms. The summed E-state index contributed by atoms with van der Waals surface area (Å²) in [7, 11) is -3.49. The third-order valence-corrected chi connectivity index (χ3v) is 3.99. The van der Waals surface area contributed by atoms with Crippen LogP contribution in [0.25, 0.3) is 0 Å². The van der Waals surface area contributed by atoms with Crippen molar-refractivity contribution in [3.8, 4) is 0 Å². The van der Waals surface area contributed by atoms with Crippen molar-refractivity contribution in [2.75, 3.05) is 6.54 Å². The molecule has 0 bridgehead atoms. The number of hydrogen-bond acceptors (Lipinski definition) is 4. The van der Waals surface area contributed by atoms with Gasteiger partial charge in [0.1, 0.15) is 0 Å². The smallest absolute Gasteiger partial charge is 0.242 e. The van der Waals surface area contributed by atoms with Crippen LogP contribution in [0.4, 0.5) is 0 Å². The van der Waals surface area contributed by atoms with Crippen LogP contribution >= 0.6 is 0 Å². The molecule has 0 fully saturated rings. The SMILES string of the molecule is CCNCc1cc(S(=O)(=O)NCc2cn[nH]c2)c[nH]1. The number of aromatic nitrogens is 3. The van der Waals surface area contributed by atoms with Crippen LogP contribution in [-0.2, 0) is 23.1 Å². The zero-order valence-corrected chi connectivity index (χ0v) is 11.4. The third-order valence-electron chi connectivity index (χ3n) is 2.61. The van der Waals surface area contributed by atoms with E-state index in [1.54, 1.807) is 18.5 Å². The highest BCUT2D eigenvalue weighted by Crippen LogP contribution is 2.11. The van der Waals surface area contributed by atoms with E-state index in [0.717, 1.165) is 17.8 Å². The van der Waals surface area contributed by atoms with Gasteiger partial charge in [0.05, 0.1) is 11.1 Å². The Hall–Kier alpha value is -1.64. The fourth-order valence-electron chi connectivity index (χ4n) is 1.57. The fraction of sp³-hybridized carbons (Fsp3) is 0.364. The van der Waals surface area contributed by atoms with E-state index in [1.165, 1.54) is 6.20 Å². The molecular weight excluding hydrogens is 266 g/mol. The van der Waals surface area contributed by atoms with Crippen molar-refractivity contribution < 1.29 is 8.42 Å². The summed E-state index contributed by atoms with van der Waals surface area (Å²) in [4.78, 5) is 3.18. The Balaban J connectivity index is 2.00. The first-order chi connectivity index (χ1) is 9.12. The molecule has 2 heterocycles. The number of rotatable bonds is 7. The Bertz CT molecular complexity index is 603. The molecule has 0 saturated carbocycles. The second-order valence-corrected chi connectivity index (χ2v) is 5.84. The van der Waals surface area contributed by atoms with Gasteiger partial charge in [-0.05, 0) is 12.6 Å². The highest BCUT2D eigenvalue weighted by atomic mass is 32.2. The largest absolute Gasteiger partial charge is 0.363 e. The fourth-order valence-corrected chi connectivity index (χ4v) is 2.61. The van der Waals surface area contributed by atoms with Gasteiger partial charge in [-0.2, -0.15) is 5.10 Å². The zero-order chi connectivity index (χ0) is 13.7. The van der Waals surface area contributed by atoms with Crippen molar-refractivity contribution in [3.63, 3.8) is 0 Å². The first-order valence-electron chi connectivity index (χ1n) is 5.97. The topological polar surface area (TPSA) is 103 Å². The molecule has 0 saturated heterocycles. The summed E-state index contributed by atoms with van der Waals surface area (Å²) in [5.74, 6) is 0. The van der Waals surface area contributed by atoms with E-state index in [0.29, 0.717) is 6.54 Å². The zero-order valence-electron chi connectivity index (χ0n) is 10.6. The molecule has 0 aromatic carbocycles. The molecule has 2 rings (SSSR count). The summed E-state index contributed by atoms with van der Waals surface area (Å²) in [6.07, 6.45) is 4.72. The van der Waals surface area contributed by atoms with Gasteiger partial charge in [0.2, 0.25) is 10.0 Å². The molecule has 0 radical (unpaired) electrons. The molecule has 104 valence electrons. The second kappa shape index (κ2) is 6.00. The Labute approximate surface area is 111 Å². The monoisotopic (exact) mass is 283 g/mol.